The van der Waals surface area contributed by atoms with Crippen LogP contribution in [-0.2, 0) is 4.74 Å². The minimum absolute atomic E-state index is 0.0861. The van der Waals surface area contributed by atoms with Gasteiger partial charge in [0, 0.05) is 11.4 Å². The average molecular weight is 342 g/mol. The third-order valence-electron chi connectivity index (χ3n) is 4.53. The molecule has 0 spiro atoms. The lowest BCUT2D eigenvalue weighted by molar-refractivity contribution is 0.0525. The zero-order chi connectivity index (χ0) is 18.7. The van der Waals surface area contributed by atoms with Gasteiger partial charge in [0.15, 0.2) is 0 Å². The second-order valence-corrected chi connectivity index (χ2v) is 6.32. The molecule has 25 heavy (non-hydrogen) atoms. The van der Waals surface area contributed by atoms with Crippen molar-refractivity contribution in [1.82, 2.24) is 4.98 Å². The molecule has 1 aromatic carbocycles. The first-order chi connectivity index (χ1) is 11.8. The van der Waals surface area contributed by atoms with Gasteiger partial charge in [-0.1, -0.05) is 12.1 Å². The Balaban J connectivity index is 2.27. The van der Waals surface area contributed by atoms with Crippen LogP contribution in [0.4, 0.5) is 5.69 Å². The monoisotopic (exact) mass is 342 g/mol. The van der Waals surface area contributed by atoms with E-state index in [1.807, 2.05) is 39.0 Å². The summed E-state index contributed by atoms with van der Waals surface area (Å²) in [6, 6.07) is 5.54. The number of aromatic amines is 1. The van der Waals surface area contributed by atoms with Crippen molar-refractivity contribution in [2.45, 2.75) is 47.6 Å². The zero-order valence-electron chi connectivity index (χ0n) is 15.7. The Morgan fingerprint density at radius 3 is 2.48 bits per heavy atom. The highest BCUT2D eigenvalue weighted by atomic mass is 16.5. The Morgan fingerprint density at radius 2 is 1.84 bits per heavy atom. The summed E-state index contributed by atoms with van der Waals surface area (Å²) in [5.41, 5.74) is 5.41. The summed E-state index contributed by atoms with van der Waals surface area (Å²) in [7, 11) is 0. The number of H-pyrrole nitrogens is 1. The lowest BCUT2D eigenvalue weighted by atomic mass is 10.0. The van der Waals surface area contributed by atoms with Crippen LogP contribution in [0, 0.1) is 27.7 Å². The molecule has 0 amide bonds. The van der Waals surface area contributed by atoms with Crippen LogP contribution in [0.25, 0.3) is 0 Å². The van der Waals surface area contributed by atoms with Crippen LogP contribution in [0.3, 0.4) is 0 Å². The van der Waals surface area contributed by atoms with Crippen molar-refractivity contribution in [3.05, 3.63) is 51.8 Å². The number of hydrogen-bond acceptors (Lipinski definition) is 4. The number of anilines is 1. The number of aryl methyl sites for hydroxylation is 2. The number of hydrogen-bond donors (Lipinski definition) is 2. The van der Waals surface area contributed by atoms with E-state index >= 15 is 0 Å². The smallest absolute Gasteiger partial charge is 0.340 e. The molecule has 1 heterocycles. The quantitative estimate of drug-likeness (QED) is 0.612. The van der Waals surface area contributed by atoms with Gasteiger partial charge in [-0.25, -0.2) is 4.79 Å². The van der Waals surface area contributed by atoms with Crippen molar-refractivity contribution in [3.8, 4) is 0 Å². The first-order valence-corrected chi connectivity index (χ1v) is 8.51. The highest BCUT2D eigenvalue weighted by Gasteiger charge is 2.25. The first kappa shape index (κ1) is 18.8. The van der Waals surface area contributed by atoms with Gasteiger partial charge >= 0.3 is 5.97 Å². The van der Waals surface area contributed by atoms with Gasteiger partial charge in [-0.2, -0.15) is 0 Å². The predicted octanol–water partition coefficient (Wildman–Crippen LogP) is 4.11. The van der Waals surface area contributed by atoms with Crippen LogP contribution in [0.15, 0.2) is 18.2 Å². The van der Waals surface area contributed by atoms with Crippen molar-refractivity contribution in [3.63, 3.8) is 0 Å². The molecule has 2 N–H and O–H groups in total. The summed E-state index contributed by atoms with van der Waals surface area (Å²) in [6.45, 7) is 11.5. The van der Waals surface area contributed by atoms with Crippen LogP contribution < -0.4 is 5.32 Å². The van der Waals surface area contributed by atoms with Crippen LogP contribution in [0.2, 0.25) is 0 Å². The number of Topliss-reactive ketones (excluding diaryl/α,β-unsaturated/α-hetero) is 1. The van der Waals surface area contributed by atoms with Crippen LogP contribution in [0.1, 0.15) is 57.1 Å². The number of carbonyl (C=O) groups excluding carboxylic acids is 2. The lowest BCUT2D eigenvalue weighted by Crippen LogP contribution is -2.27. The third kappa shape index (κ3) is 3.76. The molecule has 0 radical (unpaired) electrons. The molecule has 0 fully saturated rings. The predicted molar refractivity (Wildman–Crippen MR) is 99.6 cm³/mol. The Hall–Kier alpha value is -2.56. The SMILES string of the molecule is CCOC(=O)c1c(C)[nH]c(C(=O)[C@@H](C)Nc2cccc(C)c2C)c1C. The standard InChI is InChI=1S/C20H26N2O3/c1-7-25-20(24)17-13(4)18(22-14(17)5)19(23)15(6)21-16-10-8-9-11(2)12(16)3/h8-10,15,21-22H,7H2,1-6H3/t15-/m1/s1. The average Bonchev–Trinajstić information content (AvgIpc) is 2.86. The summed E-state index contributed by atoms with van der Waals surface area (Å²) in [6.07, 6.45) is 0. The second-order valence-electron chi connectivity index (χ2n) is 6.32. The van der Waals surface area contributed by atoms with Gasteiger partial charge in [0.25, 0.3) is 0 Å². The Morgan fingerprint density at radius 1 is 1.16 bits per heavy atom. The molecule has 0 aliphatic heterocycles. The fourth-order valence-electron chi connectivity index (χ4n) is 2.93. The molecular weight excluding hydrogens is 316 g/mol. The maximum atomic E-state index is 12.9. The summed E-state index contributed by atoms with van der Waals surface area (Å²) in [5.74, 6) is -0.486. The molecular formula is C20H26N2O3. The van der Waals surface area contributed by atoms with E-state index in [-0.39, 0.29) is 5.78 Å². The molecule has 134 valence electrons. The number of esters is 1. The molecule has 0 aliphatic carbocycles. The second kappa shape index (κ2) is 7.55. The topological polar surface area (TPSA) is 71.2 Å². The molecule has 0 saturated carbocycles. The van der Waals surface area contributed by atoms with Crippen LogP contribution in [-0.4, -0.2) is 29.4 Å². The molecule has 0 unspecified atom stereocenters. The lowest BCUT2D eigenvalue weighted by Gasteiger charge is -2.17. The van der Waals surface area contributed by atoms with E-state index in [2.05, 4.69) is 10.3 Å². The third-order valence-corrected chi connectivity index (χ3v) is 4.53. The van der Waals surface area contributed by atoms with E-state index in [0.717, 1.165) is 11.3 Å². The Bertz CT molecular complexity index is 806. The molecule has 1 aromatic heterocycles. The van der Waals surface area contributed by atoms with Gasteiger partial charge in [-0.15, -0.1) is 0 Å². The van der Waals surface area contributed by atoms with Crippen molar-refractivity contribution >= 4 is 17.4 Å². The minimum Gasteiger partial charge on any atom is -0.462 e. The fourth-order valence-corrected chi connectivity index (χ4v) is 2.93. The Labute approximate surface area is 148 Å². The maximum absolute atomic E-state index is 12.9. The first-order valence-electron chi connectivity index (χ1n) is 8.51. The molecule has 0 saturated heterocycles. The van der Waals surface area contributed by atoms with Gasteiger partial charge in [0.05, 0.1) is 23.9 Å². The van der Waals surface area contributed by atoms with Crippen LogP contribution >= 0.6 is 0 Å². The molecule has 0 bridgehead atoms. The number of ether oxygens (including phenoxy) is 1. The number of nitrogens with one attached hydrogen (secondary N) is 2. The van der Waals surface area contributed by atoms with E-state index in [4.69, 9.17) is 4.74 Å². The largest absolute Gasteiger partial charge is 0.462 e. The van der Waals surface area contributed by atoms with Crippen molar-refractivity contribution < 1.29 is 14.3 Å². The highest BCUT2D eigenvalue weighted by Crippen LogP contribution is 2.23. The van der Waals surface area contributed by atoms with E-state index in [1.54, 1.807) is 20.8 Å². The molecule has 2 aromatic rings. The normalized spacial score (nSPS) is 11.9. The maximum Gasteiger partial charge on any atom is 0.340 e. The number of ketones is 1. The zero-order valence-corrected chi connectivity index (χ0v) is 15.7. The van der Waals surface area contributed by atoms with E-state index < -0.39 is 12.0 Å². The number of aromatic nitrogens is 1. The van der Waals surface area contributed by atoms with E-state index in [1.165, 1.54) is 5.56 Å². The molecule has 1 atom stereocenters. The minimum atomic E-state index is -0.424. The Kier molecular flexibility index (Phi) is 5.67. The summed E-state index contributed by atoms with van der Waals surface area (Å²) >= 11 is 0. The molecule has 5 heteroatoms. The van der Waals surface area contributed by atoms with Gasteiger partial charge in [0.1, 0.15) is 0 Å². The van der Waals surface area contributed by atoms with E-state index in [9.17, 15) is 9.59 Å². The van der Waals surface area contributed by atoms with Crippen LogP contribution in [0.5, 0.6) is 0 Å². The number of carbonyl (C=O) groups is 2. The van der Waals surface area contributed by atoms with Gasteiger partial charge in [-0.3, -0.25) is 4.79 Å². The van der Waals surface area contributed by atoms with E-state index in [0.29, 0.717) is 29.1 Å². The molecule has 5 nitrogen and oxygen atoms in total. The highest BCUT2D eigenvalue weighted by molar-refractivity contribution is 6.04. The summed E-state index contributed by atoms with van der Waals surface area (Å²) in [4.78, 5) is 28.0. The van der Waals surface area contributed by atoms with Gasteiger partial charge < -0.3 is 15.0 Å². The van der Waals surface area contributed by atoms with Crippen molar-refractivity contribution in [2.75, 3.05) is 11.9 Å². The van der Waals surface area contributed by atoms with Gasteiger partial charge in [-0.05, 0) is 64.3 Å². The van der Waals surface area contributed by atoms with Crippen molar-refractivity contribution in [2.24, 2.45) is 0 Å². The molecule has 0 aliphatic rings. The number of benzene rings is 1. The van der Waals surface area contributed by atoms with Gasteiger partial charge in [0.2, 0.25) is 5.78 Å². The fraction of sp³-hybridized carbons (Fsp3) is 0.400. The number of rotatable bonds is 6. The van der Waals surface area contributed by atoms with Crippen molar-refractivity contribution in [1.29, 1.82) is 0 Å². The molecule has 2 rings (SSSR count). The summed E-state index contributed by atoms with van der Waals surface area (Å²) < 4.78 is 5.08. The summed E-state index contributed by atoms with van der Waals surface area (Å²) in [5, 5.41) is 3.27.